The topological polar surface area (TPSA) is 128 Å². The second-order valence-corrected chi connectivity index (χ2v) is 9.60. The predicted molar refractivity (Wildman–Crippen MR) is 148 cm³/mol. The van der Waals surface area contributed by atoms with Crippen LogP contribution in [0.2, 0.25) is 0 Å². The van der Waals surface area contributed by atoms with Crippen LogP contribution < -0.4 is 11.5 Å². The standard InChI is InChI=1S/C28H33N3O4.CH5N/c1-5-12-31(13-14-32)27(34)23-16-22-11-10-21(17-24(22)30-25(29)18-23)20-8-6-19(7-9-20)15-26(33)35-28(2,3)4;1-2/h6-11,14,16-17H,5,12-13,15,18H2,1-4H3,(H2,29,30);2H2,1H3. The maximum atomic E-state index is 13.0. The van der Waals surface area contributed by atoms with Gasteiger partial charge in [-0.25, -0.2) is 4.99 Å². The quantitative estimate of drug-likeness (QED) is 0.411. The molecule has 0 aromatic heterocycles. The molecule has 8 heteroatoms. The Balaban J connectivity index is 0.00000235. The van der Waals surface area contributed by atoms with Gasteiger partial charge < -0.3 is 25.9 Å². The molecule has 1 heterocycles. The summed E-state index contributed by atoms with van der Waals surface area (Å²) in [7, 11) is 1.50. The largest absolute Gasteiger partial charge is 0.460 e. The third-order valence-corrected chi connectivity index (χ3v) is 5.40. The first-order chi connectivity index (χ1) is 17.6. The van der Waals surface area contributed by atoms with Crippen molar-refractivity contribution in [3.63, 3.8) is 0 Å². The van der Waals surface area contributed by atoms with Crippen molar-refractivity contribution in [2.75, 3.05) is 20.1 Å². The molecule has 0 fully saturated rings. The van der Waals surface area contributed by atoms with Crippen LogP contribution in [-0.2, 0) is 25.5 Å². The van der Waals surface area contributed by atoms with Gasteiger partial charge in [0, 0.05) is 24.1 Å². The van der Waals surface area contributed by atoms with Gasteiger partial charge >= 0.3 is 5.97 Å². The normalized spacial score (nSPS) is 12.6. The van der Waals surface area contributed by atoms with Crippen molar-refractivity contribution in [2.45, 2.75) is 52.6 Å². The Labute approximate surface area is 219 Å². The molecule has 2 aromatic rings. The average molecular weight is 507 g/mol. The zero-order chi connectivity index (χ0) is 27.6. The molecule has 0 bridgehead atoms. The highest BCUT2D eigenvalue weighted by Gasteiger charge is 2.21. The highest BCUT2D eigenvalue weighted by atomic mass is 16.6. The summed E-state index contributed by atoms with van der Waals surface area (Å²) in [5.41, 5.74) is 14.9. The lowest BCUT2D eigenvalue weighted by Gasteiger charge is -2.20. The number of nitrogens with zero attached hydrogens (tertiary/aromatic N) is 2. The van der Waals surface area contributed by atoms with Gasteiger partial charge in [0.25, 0.3) is 5.91 Å². The number of benzene rings is 2. The summed E-state index contributed by atoms with van der Waals surface area (Å²) in [6, 6.07) is 13.6. The minimum Gasteiger partial charge on any atom is -0.460 e. The first-order valence-corrected chi connectivity index (χ1v) is 12.4. The summed E-state index contributed by atoms with van der Waals surface area (Å²) < 4.78 is 5.39. The smallest absolute Gasteiger partial charge is 0.310 e. The third-order valence-electron chi connectivity index (χ3n) is 5.40. The fourth-order valence-corrected chi connectivity index (χ4v) is 3.91. The number of hydrogen-bond acceptors (Lipinski definition) is 7. The molecule has 198 valence electrons. The molecule has 0 atom stereocenters. The van der Waals surface area contributed by atoms with E-state index in [1.54, 1.807) is 0 Å². The summed E-state index contributed by atoms with van der Waals surface area (Å²) in [5, 5.41) is 0. The molecular formula is C29H38N4O4. The number of esters is 1. The molecule has 0 radical (unpaired) electrons. The number of ether oxygens (including phenoxy) is 1. The molecule has 1 amide bonds. The van der Waals surface area contributed by atoms with E-state index in [4.69, 9.17) is 10.5 Å². The van der Waals surface area contributed by atoms with E-state index < -0.39 is 5.60 Å². The number of amidine groups is 1. The second-order valence-electron chi connectivity index (χ2n) is 9.60. The minimum atomic E-state index is -0.511. The van der Waals surface area contributed by atoms with E-state index >= 15 is 0 Å². The van der Waals surface area contributed by atoms with Crippen LogP contribution in [0.1, 0.15) is 51.7 Å². The van der Waals surface area contributed by atoms with Crippen LogP contribution in [0, 0.1) is 0 Å². The van der Waals surface area contributed by atoms with Gasteiger partial charge in [-0.2, -0.15) is 0 Å². The Kier molecular flexibility index (Phi) is 10.8. The van der Waals surface area contributed by atoms with Crippen molar-refractivity contribution in [3.05, 3.63) is 59.2 Å². The second kappa shape index (κ2) is 13.5. The number of fused-ring (bicyclic) bond motifs is 1. The molecule has 3 rings (SSSR count). The van der Waals surface area contributed by atoms with Gasteiger partial charge in [0.2, 0.25) is 0 Å². The summed E-state index contributed by atoms with van der Waals surface area (Å²) in [6.07, 6.45) is 3.74. The zero-order valence-corrected chi connectivity index (χ0v) is 22.4. The average Bonchev–Trinajstić information content (AvgIpc) is 3.01. The van der Waals surface area contributed by atoms with Crippen molar-refractivity contribution < 1.29 is 19.1 Å². The van der Waals surface area contributed by atoms with Crippen LogP contribution in [0.25, 0.3) is 17.2 Å². The molecular weight excluding hydrogens is 468 g/mol. The fourth-order valence-electron chi connectivity index (χ4n) is 3.91. The van der Waals surface area contributed by atoms with E-state index in [2.05, 4.69) is 10.7 Å². The summed E-state index contributed by atoms with van der Waals surface area (Å²) >= 11 is 0. The van der Waals surface area contributed by atoms with Crippen molar-refractivity contribution in [1.29, 1.82) is 0 Å². The summed E-state index contributed by atoms with van der Waals surface area (Å²) in [4.78, 5) is 42.2. The first kappa shape index (κ1) is 29.5. The molecule has 37 heavy (non-hydrogen) atoms. The Bertz CT molecular complexity index is 1160. The maximum Gasteiger partial charge on any atom is 0.310 e. The molecule has 8 nitrogen and oxygen atoms in total. The zero-order valence-electron chi connectivity index (χ0n) is 22.4. The van der Waals surface area contributed by atoms with E-state index in [9.17, 15) is 14.4 Å². The lowest BCUT2D eigenvalue weighted by Crippen LogP contribution is -2.35. The number of carbonyl (C=O) groups is 3. The molecule has 1 aliphatic rings. The van der Waals surface area contributed by atoms with Gasteiger partial charge in [0.05, 0.1) is 18.7 Å². The molecule has 1 aliphatic heterocycles. The number of aldehydes is 1. The Morgan fingerprint density at radius 1 is 1.08 bits per heavy atom. The molecule has 0 spiro atoms. The van der Waals surface area contributed by atoms with Gasteiger partial charge in [-0.15, -0.1) is 0 Å². The number of carbonyl (C=O) groups excluding carboxylic acids is 3. The molecule has 2 aromatic carbocycles. The van der Waals surface area contributed by atoms with Crippen molar-refractivity contribution in [2.24, 2.45) is 16.5 Å². The number of hydrogen-bond donors (Lipinski definition) is 2. The number of amides is 1. The molecule has 0 saturated carbocycles. The number of aliphatic imine (C=N–C) groups is 1. The third kappa shape index (κ3) is 8.68. The van der Waals surface area contributed by atoms with E-state index in [-0.39, 0.29) is 31.3 Å². The Morgan fingerprint density at radius 3 is 2.32 bits per heavy atom. The lowest BCUT2D eigenvalue weighted by molar-refractivity contribution is -0.153. The van der Waals surface area contributed by atoms with E-state index in [1.165, 1.54) is 11.9 Å². The highest BCUT2D eigenvalue weighted by molar-refractivity contribution is 6.06. The van der Waals surface area contributed by atoms with Crippen LogP contribution >= 0.6 is 0 Å². The highest BCUT2D eigenvalue weighted by Crippen LogP contribution is 2.32. The maximum absolute atomic E-state index is 13.0. The van der Waals surface area contributed by atoms with Gasteiger partial charge in [0.15, 0.2) is 0 Å². The lowest BCUT2D eigenvalue weighted by atomic mass is 9.99. The molecule has 4 N–H and O–H groups in total. The predicted octanol–water partition coefficient (Wildman–Crippen LogP) is 4.03. The number of nitrogens with two attached hydrogens (primary N) is 2. The monoisotopic (exact) mass is 506 g/mol. The summed E-state index contributed by atoms with van der Waals surface area (Å²) in [5.74, 6) is -0.117. The molecule has 0 unspecified atom stereocenters. The summed E-state index contributed by atoms with van der Waals surface area (Å²) in [6.45, 7) is 8.06. The van der Waals surface area contributed by atoms with Crippen molar-refractivity contribution in [3.8, 4) is 11.1 Å². The first-order valence-electron chi connectivity index (χ1n) is 12.4. The van der Waals surface area contributed by atoms with Crippen molar-refractivity contribution in [1.82, 2.24) is 4.90 Å². The van der Waals surface area contributed by atoms with Gasteiger partial charge in [-0.1, -0.05) is 43.3 Å². The number of rotatable bonds is 8. The minimum absolute atomic E-state index is 0.0524. The van der Waals surface area contributed by atoms with Crippen LogP contribution in [-0.4, -0.2) is 54.6 Å². The van der Waals surface area contributed by atoms with E-state index in [1.807, 2.05) is 76.2 Å². The SMILES string of the molecule is CCCN(CC=O)C(=O)C1=Cc2ccc(-c3ccc(CC(=O)OC(C)(C)C)cc3)cc2N=C(N)C1.CN. The van der Waals surface area contributed by atoms with Gasteiger partial charge in [0.1, 0.15) is 17.7 Å². The van der Waals surface area contributed by atoms with E-state index in [0.29, 0.717) is 23.6 Å². The fraction of sp³-hybridized carbons (Fsp3) is 0.379. The molecule has 0 saturated heterocycles. The van der Waals surface area contributed by atoms with Crippen molar-refractivity contribution >= 4 is 35.8 Å². The Morgan fingerprint density at radius 2 is 1.73 bits per heavy atom. The van der Waals surface area contributed by atoms with Crippen LogP contribution in [0.4, 0.5) is 5.69 Å². The van der Waals surface area contributed by atoms with Crippen LogP contribution in [0.5, 0.6) is 0 Å². The van der Waals surface area contributed by atoms with E-state index in [0.717, 1.165) is 35.0 Å². The molecule has 0 aliphatic carbocycles. The van der Waals surface area contributed by atoms with Crippen LogP contribution in [0.15, 0.2) is 53.0 Å². The van der Waals surface area contributed by atoms with Gasteiger partial charge in [-0.05, 0) is 63.1 Å². The van der Waals surface area contributed by atoms with Crippen LogP contribution in [0.3, 0.4) is 0 Å². The van der Waals surface area contributed by atoms with Gasteiger partial charge in [-0.3, -0.25) is 9.59 Å². The Hall–Kier alpha value is -3.78.